The van der Waals surface area contributed by atoms with Gasteiger partial charge < -0.3 is 9.64 Å². The van der Waals surface area contributed by atoms with Crippen molar-refractivity contribution in [1.82, 2.24) is 13.9 Å². The number of methoxy groups -OCH3 is 1. The Bertz CT molecular complexity index is 1720. The van der Waals surface area contributed by atoms with E-state index >= 15 is 0 Å². The molecule has 1 aliphatic heterocycles. The molecule has 1 saturated heterocycles. The van der Waals surface area contributed by atoms with Gasteiger partial charge in [0.25, 0.3) is 5.56 Å². The molecule has 1 aromatic heterocycles. The van der Waals surface area contributed by atoms with Gasteiger partial charge >= 0.3 is 0 Å². The molecule has 3 aromatic carbocycles. The Morgan fingerprint density at radius 3 is 2.12 bits per heavy atom. The van der Waals surface area contributed by atoms with Crippen molar-refractivity contribution in [2.45, 2.75) is 56.9 Å². The lowest BCUT2D eigenvalue weighted by Crippen LogP contribution is -2.35. The van der Waals surface area contributed by atoms with Gasteiger partial charge in [-0.05, 0) is 85.3 Å². The van der Waals surface area contributed by atoms with E-state index < -0.39 is 16.1 Å². The van der Waals surface area contributed by atoms with Crippen LogP contribution in [0.5, 0.6) is 5.75 Å². The van der Waals surface area contributed by atoms with Gasteiger partial charge in [-0.1, -0.05) is 32.9 Å². The summed E-state index contributed by atoms with van der Waals surface area (Å²) >= 11 is 0. The molecule has 1 atom stereocenters. The lowest BCUT2D eigenvalue weighted by atomic mass is 9.87. The second-order valence-electron chi connectivity index (χ2n) is 11.7. The maximum absolute atomic E-state index is 14.2. The molecule has 0 bridgehead atoms. The number of aromatic nitrogens is 2. The topological polar surface area (TPSA) is 84.7 Å². The molecule has 4 aromatic rings. The van der Waals surface area contributed by atoms with Crippen molar-refractivity contribution in [3.63, 3.8) is 0 Å². The summed E-state index contributed by atoms with van der Waals surface area (Å²) < 4.78 is 35.7. The van der Waals surface area contributed by atoms with Crippen LogP contribution >= 0.6 is 0 Å². The van der Waals surface area contributed by atoms with E-state index in [-0.39, 0.29) is 15.9 Å². The van der Waals surface area contributed by atoms with E-state index in [1.807, 2.05) is 30.3 Å². The number of nitrogens with zero attached hydrogens (tertiary/aromatic N) is 4. The molecule has 0 spiro atoms. The van der Waals surface area contributed by atoms with Gasteiger partial charge in [0.15, 0.2) is 0 Å². The Balaban J connectivity index is 1.63. The third kappa shape index (κ3) is 5.48. The number of rotatable bonds is 7. The summed E-state index contributed by atoms with van der Waals surface area (Å²) in [5, 5.41) is 0.490. The first kappa shape index (κ1) is 28.8. The molecule has 1 unspecified atom stereocenters. The van der Waals surface area contributed by atoms with Crippen LogP contribution in [0.4, 0.5) is 5.69 Å². The highest BCUT2D eigenvalue weighted by atomic mass is 32.2. The fourth-order valence-electron chi connectivity index (χ4n) is 5.29. The van der Waals surface area contributed by atoms with Crippen molar-refractivity contribution in [2.75, 3.05) is 32.1 Å². The Kier molecular flexibility index (Phi) is 7.70. The lowest BCUT2D eigenvalue weighted by molar-refractivity contribution is 0.379. The van der Waals surface area contributed by atoms with Crippen molar-refractivity contribution < 1.29 is 13.2 Å². The average Bonchev–Trinajstić information content (AvgIpc) is 3.51. The van der Waals surface area contributed by atoms with Crippen molar-refractivity contribution >= 4 is 26.6 Å². The molecule has 0 N–H and O–H groups in total. The number of sulfonamides is 1. The van der Waals surface area contributed by atoms with Gasteiger partial charge in [-0.15, -0.1) is 0 Å². The zero-order chi connectivity index (χ0) is 29.5. The van der Waals surface area contributed by atoms with Gasteiger partial charge in [0.2, 0.25) is 10.0 Å². The van der Waals surface area contributed by atoms with E-state index in [0.717, 1.165) is 37.2 Å². The minimum atomic E-state index is -3.89. The first-order chi connectivity index (χ1) is 19.4. The number of fused-ring (bicyclic) bond motifs is 1. The van der Waals surface area contributed by atoms with Gasteiger partial charge in [0.05, 0.1) is 34.6 Å². The predicted octanol–water partition coefficient (Wildman–Crippen LogP) is 5.67. The predicted molar refractivity (Wildman–Crippen MR) is 164 cm³/mol. The van der Waals surface area contributed by atoms with E-state index in [0.29, 0.717) is 28.2 Å². The molecule has 5 rings (SSSR count). The van der Waals surface area contributed by atoms with Crippen LogP contribution in [0.15, 0.2) is 76.4 Å². The van der Waals surface area contributed by atoms with Crippen molar-refractivity contribution in [2.24, 2.45) is 0 Å². The molecule has 0 aliphatic carbocycles. The number of hydrogen-bond donors (Lipinski definition) is 0. The summed E-state index contributed by atoms with van der Waals surface area (Å²) in [7, 11) is -0.777. The van der Waals surface area contributed by atoms with Crippen molar-refractivity contribution in [3.8, 4) is 11.4 Å². The standard InChI is InChI=1S/C32H38N4O4S/c1-22(34(5)41(38,39)27-16-9-23(10-17-27)32(2,3)4)30-33-29-18-13-25(35-19-7-8-20-35)21-28(29)31(37)36(30)24-11-14-26(40-6)15-12-24/h9-18,21-22H,7-8,19-20H2,1-6H3. The number of ether oxygens (including phenoxy) is 1. The zero-order valence-electron chi connectivity index (χ0n) is 24.6. The third-order valence-corrected chi connectivity index (χ3v) is 9.94. The molecule has 1 fully saturated rings. The molecule has 0 amide bonds. The van der Waals surface area contributed by atoms with E-state index in [2.05, 4.69) is 25.7 Å². The molecule has 41 heavy (non-hydrogen) atoms. The van der Waals surface area contributed by atoms with Crippen LogP contribution in [0.3, 0.4) is 0 Å². The van der Waals surface area contributed by atoms with E-state index in [4.69, 9.17) is 9.72 Å². The SMILES string of the molecule is COc1ccc(-n2c(C(C)N(C)S(=O)(=O)c3ccc(C(C)(C)C)cc3)nc3ccc(N4CCCC4)cc3c2=O)cc1. The minimum absolute atomic E-state index is 0.0976. The quantitative estimate of drug-likeness (QED) is 0.283. The maximum atomic E-state index is 14.2. The van der Waals surface area contributed by atoms with E-state index in [1.165, 1.54) is 15.9 Å². The molecule has 9 heteroatoms. The highest BCUT2D eigenvalue weighted by molar-refractivity contribution is 7.89. The summed E-state index contributed by atoms with van der Waals surface area (Å²) in [4.78, 5) is 21.5. The van der Waals surface area contributed by atoms with Crippen molar-refractivity contribution in [1.29, 1.82) is 0 Å². The second-order valence-corrected chi connectivity index (χ2v) is 13.7. The summed E-state index contributed by atoms with van der Waals surface area (Å²) in [6.07, 6.45) is 2.26. The summed E-state index contributed by atoms with van der Waals surface area (Å²) in [6.45, 7) is 9.93. The summed E-state index contributed by atoms with van der Waals surface area (Å²) in [5.41, 5.74) is 2.81. The van der Waals surface area contributed by atoms with Gasteiger partial charge in [0, 0.05) is 25.8 Å². The monoisotopic (exact) mass is 574 g/mol. The third-order valence-electron chi connectivity index (χ3n) is 8.00. The first-order valence-electron chi connectivity index (χ1n) is 14.0. The molecule has 1 aliphatic rings. The fourth-order valence-corrected chi connectivity index (χ4v) is 6.61. The Hall–Kier alpha value is -3.69. The van der Waals surface area contributed by atoms with Crippen LogP contribution in [-0.4, -0.2) is 49.5 Å². The number of hydrogen-bond acceptors (Lipinski definition) is 6. The molecular formula is C32H38N4O4S. The van der Waals surface area contributed by atoms with Gasteiger partial charge in [-0.25, -0.2) is 13.4 Å². The van der Waals surface area contributed by atoms with Gasteiger partial charge in [-0.2, -0.15) is 4.31 Å². The molecule has 2 heterocycles. The van der Waals surface area contributed by atoms with Gasteiger partial charge in [-0.3, -0.25) is 9.36 Å². The van der Waals surface area contributed by atoms with Crippen LogP contribution in [0, 0.1) is 0 Å². The minimum Gasteiger partial charge on any atom is -0.497 e. The highest BCUT2D eigenvalue weighted by Gasteiger charge is 2.31. The number of anilines is 1. The van der Waals surface area contributed by atoms with Crippen LogP contribution < -0.4 is 15.2 Å². The zero-order valence-corrected chi connectivity index (χ0v) is 25.4. The molecule has 0 radical (unpaired) electrons. The smallest absolute Gasteiger partial charge is 0.266 e. The normalized spacial score (nSPS) is 15.0. The summed E-state index contributed by atoms with van der Waals surface area (Å²) in [6, 6.07) is 19.1. The Morgan fingerprint density at radius 1 is 0.927 bits per heavy atom. The van der Waals surface area contributed by atoms with E-state index in [9.17, 15) is 13.2 Å². The highest BCUT2D eigenvalue weighted by Crippen LogP contribution is 2.30. The fraction of sp³-hybridized carbons (Fsp3) is 0.375. The summed E-state index contributed by atoms with van der Waals surface area (Å²) in [5.74, 6) is 0.985. The maximum Gasteiger partial charge on any atom is 0.266 e. The Morgan fingerprint density at radius 2 is 1.54 bits per heavy atom. The lowest BCUT2D eigenvalue weighted by Gasteiger charge is -2.27. The molecular weight excluding hydrogens is 536 g/mol. The largest absolute Gasteiger partial charge is 0.497 e. The van der Waals surface area contributed by atoms with Crippen LogP contribution in [0.2, 0.25) is 0 Å². The molecule has 8 nitrogen and oxygen atoms in total. The van der Waals surface area contributed by atoms with Gasteiger partial charge in [0.1, 0.15) is 11.6 Å². The number of benzene rings is 3. The molecule has 216 valence electrons. The van der Waals surface area contributed by atoms with Crippen LogP contribution in [-0.2, 0) is 15.4 Å². The van der Waals surface area contributed by atoms with Crippen LogP contribution in [0.1, 0.15) is 58.0 Å². The molecule has 0 saturated carbocycles. The van der Waals surface area contributed by atoms with E-state index in [1.54, 1.807) is 50.4 Å². The first-order valence-corrected chi connectivity index (χ1v) is 15.4. The van der Waals surface area contributed by atoms with Crippen LogP contribution in [0.25, 0.3) is 16.6 Å². The second kappa shape index (κ2) is 10.9. The van der Waals surface area contributed by atoms with Crippen molar-refractivity contribution in [3.05, 3.63) is 88.5 Å². The Labute approximate surface area is 242 Å². The average molecular weight is 575 g/mol.